The summed E-state index contributed by atoms with van der Waals surface area (Å²) in [5.74, 6) is 0.281. The lowest BCUT2D eigenvalue weighted by Crippen LogP contribution is -2.35. The fraction of sp³-hybridized carbons (Fsp3) is 0.455. The van der Waals surface area contributed by atoms with Crippen molar-refractivity contribution in [3.63, 3.8) is 0 Å². The van der Waals surface area contributed by atoms with Crippen LogP contribution < -0.4 is 19.5 Å². The molecule has 0 spiro atoms. The molecule has 0 aliphatic carbocycles. The van der Waals surface area contributed by atoms with Crippen molar-refractivity contribution in [2.24, 2.45) is 0 Å². The molecule has 2 aromatic rings. The molecule has 0 saturated heterocycles. The van der Waals surface area contributed by atoms with E-state index >= 15 is 0 Å². The lowest BCUT2D eigenvalue weighted by atomic mass is 10.1. The number of nitrogens with one attached hydrogen (secondary N) is 2. The Hall–Kier alpha value is -3.24. The number of para-hydroxylation sites is 1. The Morgan fingerprint density at radius 1 is 1.09 bits per heavy atom. The maximum absolute atomic E-state index is 12.6. The molecule has 0 fully saturated rings. The topological polar surface area (TPSA) is 128 Å². The number of aromatic nitrogens is 1. The molecule has 1 amide bonds. The normalized spacial score (nSPS) is 11.6. The van der Waals surface area contributed by atoms with Crippen LogP contribution in [0.2, 0.25) is 0 Å². The quantitative estimate of drug-likeness (QED) is 0.329. The Morgan fingerprint density at radius 2 is 1.75 bits per heavy atom. The number of benzene rings is 1. The largest absolute Gasteiger partial charge is 0.493 e. The number of hydrogen-bond acceptors (Lipinski definition) is 8. The van der Waals surface area contributed by atoms with E-state index in [9.17, 15) is 14.7 Å². The van der Waals surface area contributed by atoms with Gasteiger partial charge in [-0.05, 0) is 31.5 Å². The number of carbonyl (C=O) groups is 2. The Labute approximate surface area is 186 Å². The fourth-order valence-corrected chi connectivity index (χ4v) is 3.07. The highest BCUT2D eigenvalue weighted by molar-refractivity contribution is 6.00. The monoisotopic (exact) mass is 450 g/mol. The molecule has 2 rings (SSSR count). The van der Waals surface area contributed by atoms with E-state index in [-0.39, 0.29) is 32.1 Å². The van der Waals surface area contributed by atoms with Crippen molar-refractivity contribution in [2.45, 2.75) is 20.0 Å². The van der Waals surface area contributed by atoms with Gasteiger partial charge in [0.05, 0.1) is 26.4 Å². The van der Waals surface area contributed by atoms with E-state index in [2.05, 4.69) is 10.3 Å². The van der Waals surface area contributed by atoms with E-state index in [1.165, 1.54) is 21.3 Å². The van der Waals surface area contributed by atoms with Crippen LogP contribution in [-0.4, -0.2) is 75.8 Å². The Bertz CT molecular complexity index is 903. The van der Waals surface area contributed by atoms with Crippen LogP contribution in [0.5, 0.6) is 17.2 Å². The number of amides is 1. The lowest BCUT2D eigenvalue weighted by molar-refractivity contribution is 0.0386. The Kier molecular flexibility index (Phi) is 9.36. The number of aliphatic hydroxyl groups excluding tert-OH is 1. The Morgan fingerprint density at radius 3 is 2.34 bits per heavy atom. The van der Waals surface area contributed by atoms with Crippen molar-refractivity contribution in [3.8, 4) is 17.2 Å². The average Bonchev–Trinajstić information content (AvgIpc) is 3.09. The molecule has 0 bridgehead atoms. The summed E-state index contributed by atoms with van der Waals surface area (Å²) < 4.78 is 26.1. The van der Waals surface area contributed by atoms with Gasteiger partial charge in [-0.3, -0.25) is 4.79 Å². The minimum atomic E-state index is -0.997. The van der Waals surface area contributed by atoms with Crippen LogP contribution in [0, 0.1) is 13.8 Å². The number of methoxy groups -OCH3 is 3. The standard InChI is InChI=1S/C22H30N2O8/c1-13-18(22(27)31-10-9-28-3)14(2)24-19(13)21(26)23-11-15(25)12-32-20-16(29-4)7-6-8-17(20)30-5/h6-8,15,24-25H,9-12H2,1-5H3,(H,23,26). The van der Waals surface area contributed by atoms with Crippen LogP contribution in [0.1, 0.15) is 32.1 Å². The predicted molar refractivity (Wildman–Crippen MR) is 116 cm³/mol. The van der Waals surface area contributed by atoms with Crippen molar-refractivity contribution in [3.05, 3.63) is 40.7 Å². The van der Waals surface area contributed by atoms with Gasteiger partial charge in [-0.15, -0.1) is 0 Å². The molecule has 1 aromatic heterocycles. The summed E-state index contributed by atoms with van der Waals surface area (Å²) in [4.78, 5) is 27.8. The second-order valence-electron chi connectivity index (χ2n) is 6.92. The molecule has 176 valence electrons. The fourth-order valence-electron chi connectivity index (χ4n) is 3.07. The van der Waals surface area contributed by atoms with Gasteiger partial charge in [-0.25, -0.2) is 4.79 Å². The average molecular weight is 450 g/mol. The van der Waals surface area contributed by atoms with E-state index in [0.717, 1.165) is 0 Å². The minimum Gasteiger partial charge on any atom is -0.493 e. The van der Waals surface area contributed by atoms with E-state index in [1.54, 1.807) is 32.0 Å². The van der Waals surface area contributed by atoms with E-state index in [4.69, 9.17) is 23.7 Å². The van der Waals surface area contributed by atoms with Gasteiger partial charge in [0.15, 0.2) is 11.5 Å². The molecule has 1 heterocycles. The van der Waals surface area contributed by atoms with Gasteiger partial charge in [-0.2, -0.15) is 0 Å². The van der Waals surface area contributed by atoms with Gasteiger partial charge >= 0.3 is 5.97 Å². The molecule has 10 nitrogen and oxygen atoms in total. The number of aromatic amines is 1. The van der Waals surface area contributed by atoms with Crippen molar-refractivity contribution in [1.29, 1.82) is 0 Å². The number of carbonyl (C=O) groups excluding carboxylic acids is 2. The smallest absolute Gasteiger partial charge is 0.340 e. The summed E-state index contributed by atoms with van der Waals surface area (Å²) in [5, 5.41) is 12.9. The highest BCUT2D eigenvalue weighted by atomic mass is 16.6. The van der Waals surface area contributed by atoms with Gasteiger partial charge in [0.1, 0.15) is 25.0 Å². The Balaban J connectivity index is 1.95. The zero-order chi connectivity index (χ0) is 23.7. The number of esters is 1. The first-order valence-electron chi connectivity index (χ1n) is 9.99. The molecule has 0 saturated carbocycles. The molecular weight excluding hydrogens is 420 g/mol. The molecule has 0 radical (unpaired) electrons. The molecular formula is C22H30N2O8. The molecule has 1 unspecified atom stereocenters. The summed E-state index contributed by atoms with van der Waals surface area (Å²) in [6.07, 6.45) is -0.997. The molecule has 0 aliphatic heterocycles. The van der Waals surface area contributed by atoms with Gasteiger partial charge in [0.2, 0.25) is 5.75 Å². The van der Waals surface area contributed by atoms with E-state index < -0.39 is 18.0 Å². The number of ether oxygens (including phenoxy) is 5. The van der Waals surface area contributed by atoms with Crippen LogP contribution in [0.4, 0.5) is 0 Å². The SMILES string of the molecule is COCCOC(=O)c1c(C)[nH]c(C(=O)NCC(O)COc2c(OC)cccc2OC)c1C. The van der Waals surface area contributed by atoms with Gasteiger partial charge in [0, 0.05) is 19.3 Å². The van der Waals surface area contributed by atoms with Crippen molar-refractivity contribution >= 4 is 11.9 Å². The van der Waals surface area contributed by atoms with E-state index in [0.29, 0.717) is 34.1 Å². The zero-order valence-corrected chi connectivity index (χ0v) is 18.9. The van der Waals surface area contributed by atoms with Crippen molar-refractivity contribution < 1.29 is 38.4 Å². The second-order valence-corrected chi connectivity index (χ2v) is 6.92. The molecule has 10 heteroatoms. The van der Waals surface area contributed by atoms with Gasteiger partial charge < -0.3 is 39.1 Å². The van der Waals surface area contributed by atoms with Crippen LogP contribution in [-0.2, 0) is 9.47 Å². The van der Waals surface area contributed by atoms with Crippen LogP contribution in [0.15, 0.2) is 18.2 Å². The minimum absolute atomic E-state index is 0.0680. The van der Waals surface area contributed by atoms with Gasteiger partial charge in [-0.1, -0.05) is 6.07 Å². The number of hydrogen-bond donors (Lipinski definition) is 3. The first-order chi connectivity index (χ1) is 15.3. The van der Waals surface area contributed by atoms with Crippen LogP contribution in [0.3, 0.4) is 0 Å². The molecule has 0 aliphatic rings. The highest BCUT2D eigenvalue weighted by Crippen LogP contribution is 2.36. The summed E-state index contributed by atoms with van der Waals surface area (Å²) in [6, 6.07) is 5.17. The van der Waals surface area contributed by atoms with Crippen LogP contribution >= 0.6 is 0 Å². The third-order valence-electron chi connectivity index (χ3n) is 4.69. The van der Waals surface area contributed by atoms with Gasteiger partial charge in [0.25, 0.3) is 5.91 Å². The van der Waals surface area contributed by atoms with Crippen molar-refractivity contribution in [2.75, 3.05) is 47.7 Å². The maximum atomic E-state index is 12.6. The first kappa shape index (κ1) is 25.0. The molecule has 1 atom stereocenters. The number of aryl methyl sites for hydroxylation is 1. The van der Waals surface area contributed by atoms with E-state index in [1.807, 2.05) is 0 Å². The third kappa shape index (κ3) is 6.14. The summed E-state index contributed by atoms with van der Waals surface area (Å²) in [6.45, 7) is 3.56. The van der Waals surface area contributed by atoms with Crippen LogP contribution in [0.25, 0.3) is 0 Å². The zero-order valence-electron chi connectivity index (χ0n) is 18.9. The predicted octanol–water partition coefficient (Wildman–Crippen LogP) is 1.62. The molecule has 3 N–H and O–H groups in total. The maximum Gasteiger partial charge on any atom is 0.340 e. The lowest BCUT2D eigenvalue weighted by Gasteiger charge is -2.17. The number of H-pyrrole nitrogens is 1. The number of aliphatic hydroxyl groups is 1. The first-order valence-corrected chi connectivity index (χ1v) is 9.99. The highest BCUT2D eigenvalue weighted by Gasteiger charge is 2.23. The third-order valence-corrected chi connectivity index (χ3v) is 4.69. The molecule has 32 heavy (non-hydrogen) atoms. The molecule has 1 aromatic carbocycles. The van der Waals surface area contributed by atoms with Crippen molar-refractivity contribution in [1.82, 2.24) is 10.3 Å². The summed E-state index contributed by atoms with van der Waals surface area (Å²) in [5.41, 5.74) is 1.51. The summed E-state index contributed by atoms with van der Waals surface area (Å²) in [7, 11) is 4.51. The summed E-state index contributed by atoms with van der Waals surface area (Å²) >= 11 is 0. The second kappa shape index (κ2) is 12.0. The number of rotatable bonds is 12.